The highest BCUT2D eigenvalue weighted by Crippen LogP contribution is 2.19. The van der Waals surface area contributed by atoms with Gasteiger partial charge in [0.1, 0.15) is 6.61 Å². The fourth-order valence-corrected chi connectivity index (χ4v) is 2.64. The van der Waals surface area contributed by atoms with Gasteiger partial charge in [-0.3, -0.25) is 4.79 Å². The van der Waals surface area contributed by atoms with Crippen LogP contribution in [0.15, 0.2) is 23.7 Å². The number of ether oxygens (including phenoxy) is 1. The second kappa shape index (κ2) is 7.19. The van der Waals surface area contributed by atoms with E-state index in [2.05, 4.69) is 10.3 Å². The summed E-state index contributed by atoms with van der Waals surface area (Å²) in [6, 6.07) is 5.52. The zero-order valence-electron chi connectivity index (χ0n) is 12.2. The predicted molar refractivity (Wildman–Crippen MR) is 85.6 cm³/mol. The number of nitrogens with one attached hydrogen (secondary N) is 1. The van der Waals surface area contributed by atoms with Crippen LogP contribution < -0.4 is 11.1 Å². The Bertz CT molecular complexity index is 625. The van der Waals surface area contributed by atoms with Crippen LogP contribution in [0.2, 0.25) is 0 Å². The maximum atomic E-state index is 11.8. The van der Waals surface area contributed by atoms with E-state index in [1.165, 1.54) is 4.88 Å². The molecule has 21 heavy (non-hydrogen) atoms. The summed E-state index contributed by atoms with van der Waals surface area (Å²) in [6.07, 6.45) is 0.774. The number of amides is 1. The van der Waals surface area contributed by atoms with Crippen LogP contribution in [-0.2, 0) is 16.0 Å². The van der Waals surface area contributed by atoms with Gasteiger partial charge in [-0.2, -0.15) is 0 Å². The standard InChI is InChI=1S/C15H19N3O2S/c1-10-3-4-13(12(16)7-10)18-15(19)8-20-6-5-14-11(2)17-9-21-14/h3-4,7,9H,5-6,8,16H2,1-2H3,(H,18,19). The molecule has 2 rings (SSSR count). The lowest BCUT2D eigenvalue weighted by Gasteiger charge is -2.09. The fraction of sp³-hybridized carbons (Fsp3) is 0.333. The Kier molecular flexibility index (Phi) is 5.30. The van der Waals surface area contributed by atoms with Crippen LogP contribution in [-0.4, -0.2) is 24.1 Å². The van der Waals surface area contributed by atoms with Crippen molar-refractivity contribution in [2.24, 2.45) is 0 Å². The number of carbonyl (C=O) groups excluding carboxylic acids is 1. The Morgan fingerprint density at radius 1 is 1.43 bits per heavy atom. The number of hydrogen-bond acceptors (Lipinski definition) is 5. The average molecular weight is 305 g/mol. The van der Waals surface area contributed by atoms with E-state index < -0.39 is 0 Å². The highest BCUT2D eigenvalue weighted by Gasteiger charge is 2.06. The molecule has 0 bridgehead atoms. The zero-order chi connectivity index (χ0) is 15.2. The van der Waals surface area contributed by atoms with Crippen LogP contribution in [0.1, 0.15) is 16.1 Å². The van der Waals surface area contributed by atoms with E-state index in [4.69, 9.17) is 10.5 Å². The minimum absolute atomic E-state index is 0.0190. The number of benzene rings is 1. The van der Waals surface area contributed by atoms with Gasteiger partial charge < -0.3 is 15.8 Å². The van der Waals surface area contributed by atoms with Gasteiger partial charge in [0.05, 0.1) is 29.2 Å². The van der Waals surface area contributed by atoms with Crippen molar-refractivity contribution >= 4 is 28.6 Å². The lowest BCUT2D eigenvalue weighted by atomic mass is 10.2. The van der Waals surface area contributed by atoms with Crippen LogP contribution in [0.4, 0.5) is 11.4 Å². The molecule has 0 atom stereocenters. The van der Waals surface area contributed by atoms with Gasteiger partial charge in [-0.15, -0.1) is 11.3 Å². The van der Waals surface area contributed by atoms with Crippen molar-refractivity contribution in [1.82, 2.24) is 4.98 Å². The highest BCUT2D eigenvalue weighted by atomic mass is 32.1. The van der Waals surface area contributed by atoms with E-state index in [-0.39, 0.29) is 12.5 Å². The molecule has 0 radical (unpaired) electrons. The summed E-state index contributed by atoms with van der Waals surface area (Å²) in [5.41, 5.74) is 10.9. The third-order valence-electron chi connectivity index (χ3n) is 3.03. The quantitative estimate of drug-likeness (QED) is 0.635. The van der Waals surface area contributed by atoms with Gasteiger partial charge in [0.2, 0.25) is 5.91 Å². The molecule has 0 aliphatic carbocycles. The number of thiazole rings is 1. The van der Waals surface area contributed by atoms with Crippen LogP contribution in [0.25, 0.3) is 0 Å². The molecular formula is C15H19N3O2S. The molecule has 112 valence electrons. The molecule has 5 nitrogen and oxygen atoms in total. The van der Waals surface area contributed by atoms with Gasteiger partial charge in [-0.05, 0) is 31.5 Å². The van der Waals surface area contributed by atoms with Crippen LogP contribution in [0.5, 0.6) is 0 Å². The Labute approximate surface area is 128 Å². The number of carbonyl (C=O) groups is 1. The van der Waals surface area contributed by atoms with Crippen LogP contribution in [0, 0.1) is 13.8 Å². The summed E-state index contributed by atoms with van der Waals surface area (Å²) < 4.78 is 5.39. The second-order valence-corrected chi connectivity index (χ2v) is 5.74. The Morgan fingerprint density at radius 2 is 2.24 bits per heavy atom. The minimum atomic E-state index is -0.202. The van der Waals surface area contributed by atoms with Crippen molar-refractivity contribution in [2.75, 3.05) is 24.3 Å². The topological polar surface area (TPSA) is 77.2 Å². The maximum absolute atomic E-state index is 11.8. The summed E-state index contributed by atoms with van der Waals surface area (Å²) in [5.74, 6) is -0.202. The number of aryl methyl sites for hydroxylation is 2. The third-order valence-corrected chi connectivity index (χ3v) is 4.03. The first-order valence-corrected chi connectivity index (χ1v) is 7.57. The number of nitrogen functional groups attached to an aromatic ring is 1. The summed E-state index contributed by atoms with van der Waals surface area (Å²) in [6.45, 7) is 4.44. The van der Waals surface area contributed by atoms with Crippen LogP contribution >= 0.6 is 11.3 Å². The van der Waals surface area contributed by atoms with Crippen molar-refractivity contribution in [2.45, 2.75) is 20.3 Å². The van der Waals surface area contributed by atoms with E-state index in [1.54, 1.807) is 17.4 Å². The number of rotatable bonds is 6. The smallest absolute Gasteiger partial charge is 0.250 e. The van der Waals surface area contributed by atoms with E-state index in [0.717, 1.165) is 17.7 Å². The Morgan fingerprint density at radius 3 is 2.90 bits per heavy atom. The Hall–Kier alpha value is -1.92. The van der Waals surface area contributed by atoms with E-state index in [9.17, 15) is 4.79 Å². The largest absolute Gasteiger partial charge is 0.397 e. The molecular weight excluding hydrogens is 286 g/mol. The molecule has 0 fully saturated rings. The van der Waals surface area contributed by atoms with E-state index in [1.807, 2.05) is 31.5 Å². The van der Waals surface area contributed by atoms with Gasteiger partial charge in [-0.25, -0.2) is 4.98 Å². The molecule has 1 aromatic heterocycles. The molecule has 1 amide bonds. The van der Waals surface area contributed by atoms with E-state index >= 15 is 0 Å². The van der Waals surface area contributed by atoms with Gasteiger partial charge in [0.15, 0.2) is 0 Å². The first-order valence-electron chi connectivity index (χ1n) is 6.69. The first-order chi connectivity index (χ1) is 10.1. The lowest BCUT2D eigenvalue weighted by molar-refractivity contribution is -0.120. The zero-order valence-corrected chi connectivity index (χ0v) is 13.0. The molecule has 0 saturated heterocycles. The highest BCUT2D eigenvalue weighted by molar-refractivity contribution is 7.09. The van der Waals surface area contributed by atoms with Gasteiger partial charge in [0, 0.05) is 11.3 Å². The van der Waals surface area contributed by atoms with Gasteiger partial charge >= 0.3 is 0 Å². The normalized spacial score (nSPS) is 10.6. The predicted octanol–water partition coefficient (Wildman–Crippen LogP) is 2.54. The maximum Gasteiger partial charge on any atom is 0.250 e. The molecule has 1 aromatic carbocycles. The number of hydrogen-bond donors (Lipinski definition) is 2. The third kappa shape index (κ3) is 4.54. The van der Waals surface area contributed by atoms with Crippen molar-refractivity contribution < 1.29 is 9.53 Å². The summed E-state index contributed by atoms with van der Waals surface area (Å²) in [5, 5.41) is 2.74. The lowest BCUT2D eigenvalue weighted by Crippen LogP contribution is -2.19. The molecule has 0 spiro atoms. The van der Waals surface area contributed by atoms with Crippen LogP contribution in [0.3, 0.4) is 0 Å². The Balaban J connectivity index is 1.73. The van der Waals surface area contributed by atoms with Crippen molar-refractivity contribution in [3.8, 4) is 0 Å². The minimum Gasteiger partial charge on any atom is -0.397 e. The molecule has 0 aliphatic heterocycles. The van der Waals surface area contributed by atoms with Crippen molar-refractivity contribution in [3.63, 3.8) is 0 Å². The number of nitrogens with zero attached hydrogens (tertiary/aromatic N) is 1. The molecule has 1 heterocycles. The molecule has 0 aliphatic rings. The molecule has 0 unspecified atom stereocenters. The van der Waals surface area contributed by atoms with Gasteiger partial charge in [0.25, 0.3) is 0 Å². The summed E-state index contributed by atoms with van der Waals surface area (Å²) in [7, 11) is 0. The monoisotopic (exact) mass is 305 g/mol. The van der Waals surface area contributed by atoms with Crippen molar-refractivity contribution in [3.05, 3.63) is 39.8 Å². The second-order valence-electron chi connectivity index (χ2n) is 4.80. The number of aromatic nitrogens is 1. The summed E-state index contributed by atoms with van der Waals surface area (Å²) in [4.78, 5) is 17.1. The first kappa shape index (κ1) is 15.5. The molecule has 0 saturated carbocycles. The molecule has 3 N–H and O–H groups in total. The number of nitrogens with two attached hydrogens (primary N) is 1. The molecule has 6 heteroatoms. The van der Waals surface area contributed by atoms with Crippen molar-refractivity contribution in [1.29, 1.82) is 0 Å². The SMILES string of the molecule is Cc1ccc(NC(=O)COCCc2scnc2C)c(N)c1. The average Bonchev–Trinajstić information content (AvgIpc) is 2.84. The fourth-order valence-electron chi connectivity index (χ4n) is 1.88. The molecule has 2 aromatic rings. The number of anilines is 2. The summed E-state index contributed by atoms with van der Waals surface area (Å²) >= 11 is 1.61. The van der Waals surface area contributed by atoms with Gasteiger partial charge in [-0.1, -0.05) is 6.07 Å². The van der Waals surface area contributed by atoms with E-state index in [0.29, 0.717) is 18.0 Å².